The van der Waals surface area contributed by atoms with Crippen molar-refractivity contribution in [3.8, 4) is 0 Å². The standard InChI is InChI=1S/C17H16INO/c1-12-7-3-4-8-13(12)16-19-15-10-6-5-9-14(15)17(2,11-18)20-16/h3-10H,11H2,1-2H3. The third-order valence-electron chi connectivity index (χ3n) is 3.65. The number of para-hydroxylation sites is 1. The largest absolute Gasteiger partial charge is 0.465 e. The molecule has 1 aliphatic rings. The zero-order valence-electron chi connectivity index (χ0n) is 11.6. The lowest BCUT2D eigenvalue weighted by Crippen LogP contribution is -2.34. The Morgan fingerprint density at radius 3 is 2.55 bits per heavy atom. The summed E-state index contributed by atoms with van der Waals surface area (Å²) in [4.78, 5) is 4.71. The maximum absolute atomic E-state index is 6.26. The van der Waals surface area contributed by atoms with E-state index in [1.165, 1.54) is 5.56 Å². The number of ether oxygens (including phenoxy) is 1. The van der Waals surface area contributed by atoms with Crippen molar-refractivity contribution in [2.75, 3.05) is 4.43 Å². The minimum Gasteiger partial charge on any atom is -0.465 e. The van der Waals surface area contributed by atoms with Crippen LogP contribution in [-0.2, 0) is 10.3 Å². The second-order valence-electron chi connectivity index (χ2n) is 5.22. The topological polar surface area (TPSA) is 21.6 Å². The molecule has 0 radical (unpaired) electrons. The number of alkyl halides is 1. The molecule has 0 spiro atoms. The molecule has 0 aromatic heterocycles. The first-order valence-corrected chi connectivity index (χ1v) is 8.16. The van der Waals surface area contributed by atoms with Crippen molar-refractivity contribution in [2.24, 2.45) is 4.99 Å². The SMILES string of the molecule is Cc1ccccc1C1=Nc2ccccc2C(C)(CI)O1. The third-order valence-corrected chi connectivity index (χ3v) is 5.10. The van der Waals surface area contributed by atoms with Crippen LogP contribution in [0.3, 0.4) is 0 Å². The molecule has 3 heteroatoms. The van der Waals surface area contributed by atoms with Crippen LogP contribution in [0.1, 0.15) is 23.6 Å². The van der Waals surface area contributed by atoms with E-state index in [4.69, 9.17) is 9.73 Å². The Hall–Kier alpha value is -1.36. The lowest BCUT2D eigenvalue weighted by molar-refractivity contribution is 0.0998. The molecule has 2 aromatic rings. The van der Waals surface area contributed by atoms with E-state index in [0.717, 1.165) is 27.1 Å². The fourth-order valence-electron chi connectivity index (χ4n) is 2.45. The number of benzene rings is 2. The quantitative estimate of drug-likeness (QED) is 0.547. The van der Waals surface area contributed by atoms with Crippen LogP contribution in [-0.4, -0.2) is 10.3 Å². The Bertz CT molecular complexity index is 680. The average molecular weight is 377 g/mol. The predicted molar refractivity (Wildman–Crippen MR) is 91.1 cm³/mol. The highest BCUT2D eigenvalue weighted by atomic mass is 127. The second kappa shape index (κ2) is 5.20. The average Bonchev–Trinajstić information content (AvgIpc) is 2.48. The number of hydrogen-bond donors (Lipinski definition) is 0. The molecule has 0 saturated carbocycles. The highest BCUT2D eigenvalue weighted by molar-refractivity contribution is 14.1. The molecule has 1 atom stereocenters. The minimum absolute atomic E-state index is 0.323. The summed E-state index contributed by atoms with van der Waals surface area (Å²) in [6.45, 7) is 4.22. The Labute approximate surface area is 133 Å². The van der Waals surface area contributed by atoms with Gasteiger partial charge < -0.3 is 4.74 Å². The van der Waals surface area contributed by atoms with Crippen LogP contribution in [0.15, 0.2) is 53.5 Å². The van der Waals surface area contributed by atoms with Crippen molar-refractivity contribution in [2.45, 2.75) is 19.4 Å². The van der Waals surface area contributed by atoms with Gasteiger partial charge in [-0.05, 0) is 31.5 Å². The molecule has 1 heterocycles. The van der Waals surface area contributed by atoms with E-state index in [1.807, 2.05) is 24.3 Å². The van der Waals surface area contributed by atoms with Crippen LogP contribution in [0.2, 0.25) is 0 Å². The maximum Gasteiger partial charge on any atom is 0.222 e. The molecule has 20 heavy (non-hydrogen) atoms. The van der Waals surface area contributed by atoms with E-state index in [2.05, 4.69) is 60.7 Å². The number of halogens is 1. The van der Waals surface area contributed by atoms with Gasteiger partial charge in [0.25, 0.3) is 0 Å². The van der Waals surface area contributed by atoms with Gasteiger partial charge in [-0.1, -0.05) is 59.0 Å². The number of rotatable bonds is 2. The fraction of sp³-hybridized carbons (Fsp3) is 0.235. The van der Waals surface area contributed by atoms with Gasteiger partial charge in [-0.3, -0.25) is 0 Å². The van der Waals surface area contributed by atoms with Crippen LogP contribution >= 0.6 is 22.6 Å². The van der Waals surface area contributed by atoms with E-state index < -0.39 is 0 Å². The minimum atomic E-state index is -0.323. The summed E-state index contributed by atoms with van der Waals surface area (Å²) >= 11 is 2.38. The van der Waals surface area contributed by atoms with Crippen molar-refractivity contribution in [1.29, 1.82) is 0 Å². The maximum atomic E-state index is 6.26. The number of aliphatic imine (C=N–C) groups is 1. The van der Waals surface area contributed by atoms with Crippen molar-refractivity contribution in [3.63, 3.8) is 0 Å². The van der Waals surface area contributed by atoms with Crippen LogP contribution in [0.5, 0.6) is 0 Å². The summed E-state index contributed by atoms with van der Waals surface area (Å²) in [5.74, 6) is 0.723. The van der Waals surface area contributed by atoms with Gasteiger partial charge in [0.2, 0.25) is 5.90 Å². The number of aryl methyl sites for hydroxylation is 1. The summed E-state index contributed by atoms with van der Waals surface area (Å²) < 4.78 is 7.14. The first-order valence-electron chi connectivity index (χ1n) is 6.63. The Balaban J connectivity index is 2.17. The number of hydrogen-bond acceptors (Lipinski definition) is 2. The molecular weight excluding hydrogens is 361 g/mol. The van der Waals surface area contributed by atoms with E-state index in [0.29, 0.717) is 0 Å². The van der Waals surface area contributed by atoms with E-state index in [-0.39, 0.29) is 5.60 Å². The fourth-order valence-corrected chi connectivity index (χ4v) is 3.01. The molecule has 2 nitrogen and oxygen atoms in total. The van der Waals surface area contributed by atoms with Crippen molar-refractivity contribution < 1.29 is 4.74 Å². The highest BCUT2D eigenvalue weighted by Gasteiger charge is 2.35. The molecule has 2 aromatic carbocycles. The normalized spacial score (nSPS) is 20.9. The molecule has 1 aliphatic heterocycles. The van der Waals surface area contributed by atoms with E-state index in [1.54, 1.807) is 0 Å². The van der Waals surface area contributed by atoms with Crippen LogP contribution < -0.4 is 0 Å². The number of nitrogens with zero attached hydrogens (tertiary/aromatic N) is 1. The number of fused-ring (bicyclic) bond motifs is 1. The second-order valence-corrected chi connectivity index (χ2v) is 5.98. The summed E-state index contributed by atoms with van der Waals surface area (Å²) in [5, 5.41) is 0. The molecule has 1 unspecified atom stereocenters. The Morgan fingerprint density at radius 1 is 1.10 bits per heavy atom. The Kier molecular flexibility index (Phi) is 3.54. The highest BCUT2D eigenvalue weighted by Crippen LogP contribution is 2.39. The molecule has 3 rings (SSSR count). The van der Waals surface area contributed by atoms with Gasteiger partial charge in [0.1, 0.15) is 5.60 Å². The first kappa shape index (κ1) is 13.6. The lowest BCUT2D eigenvalue weighted by atomic mass is 9.94. The molecule has 0 amide bonds. The molecule has 0 N–H and O–H groups in total. The molecule has 0 saturated heterocycles. The molecule has 0 fully saturated rings. The van der Waals surface area contributed by atoms with Crippen molar-refractivity contribution in [3.05, 3.63) is 65.2 Å². The summed E-state index contributed by atoms with van der Waals surface area (Å²) in [6.07, 6.45) is 0. The third kappa shape index (κ3) is 2.24. The van der Waals surface area contributed by atoms with Gasteiger partial charge in [-0.2, -0.15) is 0 Å². The smallest absolute Gasteiger partial charge is 0.222 e. The monoisotopic (exact) mass is 377 g/mol. The van der Waals surface area contributed by atoms with Gasteiger partial charge in [0.05, 0.1) is 5.69 Å². The van der Waals surface area contributed by atoms with Gasteiger partial charge in [0.15, 0.2) is 0 Å². The molecule has 0 bridgehead atoms. The molecule has 0 aliphatic carbocycles. The predicted octanol–water partition coefficient (Wildman–Crippen LogP) is 4.75. The summed E-state index contributed by atoms with van der Waals surface area (Å²) in [5.41, 5.74) is 4.10. The van der Waals surface area contributed by atoms with Crippen molar-refractivity contribution in [1.82, 2.24) is 0 Å². The zero-order chi connectivity index (χ0) is 14.2. The van der Waals surface area contributed by atoms with E-state index in [9.17, 15) is 0 Å². The van der Waals surface area contributed by atoms with Gasteiger partial charge in [-0.15, -0.1) is 0 Å². The van der Waals surface area contributed by atoms with E-state index >= 15 is 0 Å². The van der Waals surface area contributed by atoms with Gasteiger partial charge in [-0.25, -0.2) is 4.99 Å². The first-order chi connectivity index (χ1) is 9.64. The lowest BCUT2D eigenvalue weighted by Gasteiger charge is -2.34. The van der Waals surface area contributed by atoms with Crippen LogP contribution in [0.4, 0.5) is 5.69 Å². The Morgan fingerprint density at radius 2 is 1.80 bits per heavy atom. The zero-order valence-corrected chi connectivity index (χ0v) is 13.7. The van der Waals surface area contributed by atoms with Crippen LogP contribution in [0.25, 0.3) is 0 Å². The van der Waals surface area contributed by atoms with Crippen LogP contribution in [0, 0.1) is 6.92 Å². The summed E-state index contributed by atoms with van der Waals surface area (Å²) in [6, 6.07) is 16.4. The molecule has 102 valence electrons. The van der Waals surface area contributed by atoms with Crippen molar-refractivity contribution >= 4 is 34.2 Å². The van der Waals surface area contributed by atoms with Gasteiger partial charge >= 0.3 is 0 Å². The summed E-state index contributed by atoms with van der Waals surface area (Å²) in [7, 11) is 0. The van der Waals surface area contributed by atoms with Gasteiger partial charge in [0, 0.05) is 15.6 Å². The molecular formula is C17H16INO.